The topological polar surface area (TPSA) is 12.0 Å². The molecule has 0 bridgehead atoms. The van der Waals surface area contributed by atoms with Crippen molar-refractivity contribution in [3.63, 3.8) is 0 Å². The van der Waals surface area contributed by atoms with E-state index in [0.717, 1.165) is 16.8 Å². The maximum atomic E-state index is 3.88. The van der Waals surface area contributed by atoms with E-state index < -0.39 is 0 Å². The summed E-state index contributed by atoms with van der Waals surface area (Å²) in [5.74, 6) is 0.863. The Balaban J connectivity index is 1.96. The lowest BCUT2D eigenvalue weighted by atomic mass is 9.91. The predicted octanol–water partition coefficient (Wildman–Crippen LogP) is 5.85. The average Bonchev–Trinajstić information content (AvgIpc) is 2.75. The van der Waals surface area contributed by atoms with Gasteiger partial charge in [-0.05, 0) is 49.8 Å². The SMILES string of the molecule is CCC(N[C@H](C)C1CCCCCC1)c1ccc(Br)cc1. The second-order valence-electron chi connectivity index (χ2n) is 6.22. The first kappa shape index (κ1) is 16.0. The van der Waals surface area contributed by atoms with Crippen LogP contribution in [0, 0.1) is 5.92 Å². The quantitative estimate of drug-likeness (QED) is 0.664. The van der Waals surface area contributed by atoms with Gasteiger partial charge in [-0.25, -0.2) is 0 Å². The third-order valence-electron chi connectivity index (χ3n) is 4.75. The molecule has 1 aliphatic carbocycles. The van der Waals surface area contributed by atoms with E-state index in [4.69, 9.17) is 0 Å². The summed E-state index contributed by atoms with van der Waals surface area (Å²) in [5, 5.41) is 3.88. The van der Waals surface area contributed by atoms with Crippen molar-refractivity contribution in [2.45, 2.75) is 70.9 Å². The summed E-state index contributed by atoms with van der Waals surface area (Å²) in [5.41, 5.74) is 1.41. The second-order valence-corrected chi connectivity index (χ2v) is 7.14. The Morgan fingerprint density at radius 3 is 2.25 bits per heavy atom. The third-order valence-corrected chi connectivity index (χ3v) is 5.28. The largest absolute Gasteiger partial charge is 0.307 e. The van der Waals surface area contributed by atoms with Crippen LogP contribution in [0.3, 0.4) is 0 Å². The number of hydrogen-bond acceptors (Lipinski definition) is 1. The summed E-state index contributed by atoms with van der Waals surface area (Å²) < 4.78 is 1.16. The maximum absolute atomic E-state index is 3.88. The highest BCUT2D eigenvalue weighted by Crippen LogP contribution is 2.28. The van der Waals surface area contributed by atoms with Crippen LogP contribution in [-0.4, -0.2) is 6.04 Å². The van der Waals surface area contributed by atoms with Crippen molar-refractivity contribution in [2.24, 2.45) is 5.92 Å². The molecule has 1 nitrogen and oxygen atoms in total. The highest BCUT2D eigenvalue weighted by Gasteiger charge is 2.21. The fourth-order valence-corrected chi connectivity index (χ4v) is 3.67. The van der Waals surface area contributed by atoms with Gasteiger partial charge in [0.25, 0.3) is 0 Å². The van der Waals surface area contributed by atoms with E-state index in [2.05, 4.69) is 59.4 Å². The van der Waals surface area contributed by atoms with E-state index in [1.807, 2.05) is 0 Å². The zero-order valence-electron chi connectivity index (χ0n) is 12.9. The molecule has 112 valence electrons. The van der Waals surface area contributed by atoms with Gasteiger partial charge >= 0.3 is 0 Å². The van der Waals surface area contributed by atoms with Crippen molar-refractivity contribution in [2.75, 3.05) is 0 Å². The Labute approximate surface area is 132 Å². The highest BCUT2D eigenvalue weighted by molar-refractivity contribution is 9.10. The molecule has 0 aliphatic heterocycles. The van der Waals surface area contributed by atoms with Gasteiger partial charge in [0.1, 0.15) is 0 Å². The summed E-state index contributed by atoms with van der Waals surface area (Å²) in [6.45, 7) is 4.66. The molecule has 0 radical (unpaired) electrons. The molecule has 1 aromatic rings. The molecular weight excluding hydrogens is 310 g/mol. The van der Waals surface area contributed by atoms with E-state index in [9.17, 15) is 0 Å². The van der Waals surface area contributed by atoms with Gasteiger partial charge in [-0.2, -0.15) is 0 Å². The van der Waals surface area contributed by atoms with Crippen LogP contribution in [0.1, 0.15) is 70.4 Å². The lowest BCUT2D eigenvalue weighted by Crippen LogP contribution is -2.36. The molecule has 1 aliphatic rings. The van der Waals surface area contributed by atoms with E-state index in [0.29, 0.717) is 12.1 Å². The van der Waals surface area contributed by atoms with Crippen LogP contribution in [0.25, 0.3) is 0 Å². The molecule has 1 aromatic carbocycles. The first-order chi connectivity index (χ1) is 9.70. The molecule has 20 heavy (non-hydrogen) atoms. The van der Waals surface area contributed by atoms with Crippen LogP contribution in [-0.2, 0) is 0 Å². The van der Waals surface area contributed by atoms with Crippen molar-refractivity contribution >= 4 is 15.9 Å². The molecule has 1 fully saturated rings. The molecule has 0 heterocycles. The third kappa shape index (κ3) is 4.60. The summed E-state index contributed by atoms with van der Waals surface area (Å²) in [4.78, 5) is 0. The van der Waals surface area contributed by atoms with Crippen molar-refractivity contribution in [3.8, 4) is 0 Å². The predicted molar refractivity (Wildman–Crippen MR) is 91.0 cm³/mol. The van der Waals surface area contributed by atoms with Gasteiger partial charge in [0.15, 0.2) is 0 Å². The Bertz CT molecular complexity index is 379. The Hall–Kier alpha value is -0.340. The number of rotatable bonds is 5. The molecule has 1 N–H and O–H groups in total. The first-order valence-electron chi connectivity index (χ1n) is 8.22. The van der Waals surface area contributed by atoms with Crippen molar-refractivity contribution in [1.82, 2.24) is 5.32 Å². The van der Waals surface area contributed by atoms with E-state index in [-0.39, 0.29) is 0 Å². The van der Waals surface area contributed by atoms with Crippen molar-refractivity contribution < 1.29 is 0 Å². The van der Waals surface area contributed by atoms with Crippen LogP contribution >= 0.6 is 15.9 Å². The van der Waals surface area contributed by atoms with E-state index >= 15 is 0 Å². The van der Waals surface area contributed by atoms with Gasteiger partial charge in [-0.3, -0.25) is 0 Å². The van der Waals surface area contributed by atoms with E-state index in [1.54, 1.807) is 0 Å². The Morgan fingerprint density at radius 2 is 1.70 bits per heavy atom. The molecular formula is C18H28BrN. The summed E-state index contributed by atoms with van der Waals surface area (Å²) in [7, 11) is 0. The molecule has 0 spiro atoms. The highest BCUT2D eigenvalue weighted by atomic mass is 79.9. The van der Waals surface area contributed by atoms with Crippen LogP contribution in [0.4, 0.5) is 0 Å². The molecule has 0 amide bonds. The van der Waals surface area contributed by atoms with Gasteiger partial charge in [-0.1, -0.05) is 60.7 Å². The lowest BCUT2D eigenvalue weighted by Gasteiger charge is -2.29. The molecule has 2 rings (SSSR count). The zero-order chi connectivity index (χ0) is 14.4. The minimum absolute atomic E-state index is 0.487. The average molecular weight is 338 g/mol. The molecule has 2 heteroatoms. The number of benzene rings is 1. The monoisotopic (exact) mass is 337 g/mol. The molecule has 1 saturated carbocycles. The van der Waals surface area contributed by atoms with Crippen LogP contribution in [0.2, 0.25) is 0 Å². The number of hydrogen-bond donors (Lipinski definition) is 1. The van der Waals surface area contributed by atoms with Gasteiger partial charge in [0, 0.05) is 16.6 Å². The minimum Gasteiger partial charge on any atom is -0.307 e. The molecule has 0 saturated heterocycles. The summed E-state index contributed by atoms with van der Waals surface area (Å²) in [6, 6.07) is 9.89. The smallest absolute Gasteiger partial charge is 0.0320 e. The van der Waals surface area contributed by atoms with Crippen molar-refractivity contribution in [1.29, 1.82) is 0 Å². The standard InChI is InChI=1S/C18H28BrN/c1-3-18(16-10-12-17(19)13-11-16)20-14(2)15-8-6-4-5-7-9-15/h10-15,18,20H,3-9H2,1-2H3/t14-,18?/m1/s1. The van der Waals surface area contributed by atoms with Gasteiger partial charge in [0.2, 0.25) is 0 Å². The maximum Gasteiger partial charge on any atom is 0.0320 e. The van der Waals surface area contributed by atoms with Crippen LogP contribution in [0.5, 0.6) is 0 Å². The normalized spacial score (nSPS) is 20.4. The van der Waals surface area contributed by atoms with E-state index in [1.165, 1.54) is 44.1 Å². The van der Waals surface area contributed by atoms with Crippen LogP contribution < -0.4 is 5.32 Å². The van der Waals surface area contributed by atoms with Crippen LogP contribution in [0.15, 0.2) is 28.7 Å². The van der Waals surface area contributed by atoms with Gasteiger partial charge in [-0.15, -0.1) is 0 Å². The Kier molecular flexibility index (Phi) is 6.57. The minimum atomic E-state index is 0.487. The fourth-order valence-electron chi connectivity index (χ4n) is 3.41. The first-order valence-corrected chi connectivity index (χ1v) is 9.01. The fraction of sp³-hybridized carbons (Fsp3) is 0.667. The molecule has 1 unspecified atom stereocenters. The second kappa shape index (κ2) is 8.19. The summed E-state index contributed by atoms with van der Waals surface area (Å²) in [6.07, 6.45) is 9.69. The van der Waals surface area contributed by atoms with Crippen molar-refractivity contribution in [3.05, 3.63) is 34.3 Å². The lowest BCUT2D eigenvalue weighted by molar-refractivity contribution is 0.306. The Morgan fingerprint density at radius 1 is 1.10 bits per heavy atom. The van der Waals surface area contributed by atoms with Gasteiger partial charge < -0.3 is 5.32 Å². The molecule has 2 atom stereocenters. The molecule has 0 aromatic heterocycles. The summed E-state index contributed by atoms with van der Waals surface area (Å²) >= 11 is 3.52. The number of nitrogens with one attached hydrogen (secondary N) is 1. The number of halogens is 1. The van der Waals surface area contributed by atoms with Gasteiger partial charge in [0.05, 0.1) is 0 Å². The zero-order valence-corrected chi connectivity index (χ0v) is 14.5.